The SMILES string of the molecule is N[C@H]1CCCCN(C(=O)C2CCCCC2)C1=O. The Balaban J connectivity index is 2.03. The van der Waals surface area contributed by atoms with E-state index in [9.17, 15) is 9.59 Å². The monoisotopic (exact) mass is 238 g/mol. The van der Waals surface area contributed by atoms with E-state index in [1.807, 2.05) is 0 Å². The Morgan fingerprint density at radius 1 is 1.06 bits per heavy atom. The van der Waals surface area contributed by atoms with Gasteiger partial charge >= 0.3 is 0 Å². The highest BCUT2D eigenvalue weighted by Crippen LogP contribution is 2.26. The maximum absolute atomic E-state index is 12.3. The van der Waals surface area contributed by atoms with Crippen LogP contribution in [-0.2, 0) is 9.59 Å². The molecule has 17 heavy (non-hydrogen) atoms. The van der Waals surface area contributed by atoms with Crippen molar-refractivity contribution in [2.45, 2.75) is 57.4 Å². The number of carbonyl (C=O) groups is 2. The summed E-state index contributed by atoms with van der Waals surface area (Å²) in [4.78, 5) is 25.8. The largest absolute Gasteiger partial charge is 0.320 e. The van der Waals surface area contributed by atoms with Crippen LogP contribution in [0.4, 0.5) is 0 Å². The fourth-order valence-electron chi connectivity index (χ4n) is 2.86. The van der Waals surface area contributed by atoms with E-state index in [2.05, 4.69) is 0 Å². The van der Waals surface area contributed by atoms with Crippen molar-refractivity contribution < 1.29 is 9.59 Å². The van der Waals surface area contributed by atoms with Crippen LogP contribution in [0.15, 0.2) is 0 Å². The van der Waals surface area contributed by atoms with Crippen molar-refractivity contribution >= 4 is 11.8 Å². The third-order valence-corrected chi connectivity index (χ3v) is 3.95. The van der Waals surface area contributed by atoms with Crippen molar-refractivity contribution in [2.75, 3.05) is 6.54 Å². The van der Waals surface area contributed by atoms with Crippen LogP contribution in [0.25, 0.3) is 0 Å². The number of hydrogen-bond donors (Lipinski definition) is 1. The van der Waals surface area contributed by atoms with Crippen LogP contribution in [-0.4, -0.2) is 29.3 Å². The molecule has 0 aromatic carbocycles. The van der Waals surface area contributed by atoms with E-state index >= 15 is 0 Å². The minimum Gasteiger partial charge on any atom is -0.320 e. The highest BCUT2D eigenvalue weighted by molar-refractivity contribution is 5.98. The Morgan fingerprint density at radius 3 is 2.41 bits per heavy atom. The quantitative estimate of drug-likeness (QED) is 0.703. The Bertz CT molecular complexity index is 298. The van der Waals surface area contributed by atoms with Gasteiger partial charge < -0.3 is 5.73 Å². The Hall–Kier alpha value is -0.900. The number of imide groups is 1. The summed E-state index contributed by atoms with van der Waals surface area (Å²) in [6.45, 7) is 0.571. The van der Waals surface area contributed by atoms with Gasteiger partial charge in [0.1, 0.15) is 0 Å². The lowest BCUT2D eigenvalue weighted by molar-refractivity contribution is -0.148. The lowest BCUT2D eigenvalue weighted by Crippen LogP contribution is -2.47. The summed E-state index contributed by atoms with van der Waals surface area (Å²) in [6, 6.07) is -0.468. The zero-order valence-corrected chi connectivity index (χ0v) is 10.4. The molecule has 1 saturated heterocycles. The minimum absolute atomic E-state index is 0.0343. The van der Waals surface area contributed by atoms with Gasteiger partial charge in [-0.15, -0.1) is 0 Å². The van der Waals surface area contributed by atoms with Gasteiger partial charge in [-0.25, -0.2) is 0 Å². The molecule has 2 aliphatic rings. The second-order valence-corrected chi connectivity index (χ2v) is 5.27. The fourth-order valence-corrected chi connectivity index (χ4v) is 2.86. The van der Waals surface area contributed by atoms with Crippen LogP contribution in [0.1, 0.15) is 51.4 Å². The van der Waals surface area contributed by atoms with Gasteiger partial charge in [-0.05, 0) is 32.1 Å². The zero-order valence-electron chi connectivity index (χ0n) is 10.4. The first-order valence-electron chi connectivity index (χ1n) is 6.81. The summed E-state index contributed by atoms with van der Waals surface area (Å²) in [5.74, 6) is -0.0527. The molecule has 1 atom stereocenters. The molecule has 2 N–H and O–H groups in total. The highest BCUT2D eigenvalue weighted by Gasteiger charge is 2.33. The normalized spacial score (nSPS) is 27.9. The summed E-state index contributed by atoms with van der Waals surface area (Å²) >= 11 is 0. The number of rotatable bonds is 1. The van der Waals surface area contributed by atoms with Crippen molar-refractivity contribution in [3.05, 3.63) is 0 Å². The molecule has 4 nitrogen and oxygen atoms in total. The Labute approximate surface area is 103 Å². The number of carbonyl (C=O) groups excluding carboxylic acids is 2. The second kappa shape index (κ2) is 5.63. The van der Waals surface area contributed by atoms with E-state index in [-0.39, 0.29) is 17.7 Å². The lowest BCUT2D eigenvalue weighted by Gasteiger charge is -2.28. The molecule has 0 radical (unpaired) electrons. The molecule has 4 heteroatoms. The third kappa shape index (κ3) is 2.86. The molecule has 2 fully saturated rings. The van der Waals surface area contributed by atoms with Crippen molar-refractivity contribution in [3.8, 4) is 0 Å². The zero-order chi connectivity index (χ0) is 12.3. The molecule has 1 saturated carbocycles. The molecule has 1 aliphatic carbocycles. The van der Waals surface area contributed by atoms with Gasteiger partial charge in [0.15, 0.2) is 0 Å². The molecular weight excluding hydrogens is 216 g/mol. The average molecular weight is 238 g/mol. The van der Waals surface area contributed by atoms with E-state index in [0.29, 0.717) is 13.0 Å². The summed E-state index contributed by atoms with van der Waals surface area (Å²) < 4.78 is 0. The second-order valence-electron chi connectivity index (χ2n) is 5.27. The van der Waals surface area contributed by atoms with Crippen molar-refractivity contribution in [3.63, 3.8) is 0 Å². The molecule has 96 valence electrons. The third-order valence-electron chi connectivity index (χ3n) is 3.95. The number of likely N-dealkylation sites (tertiary alicyclic amines) is 1. The Morgan fingerprint density at radius 2 is 1.71 bits per heavy atom. The number of amides is 2. The average Bonchev–Trinajstić information content (AvgIpc) is 2.53. The van der Waals surface area contributed by atoms with Crippen LogP contribution in [0.5, 0.6) is 0 Å². The van der Waals surface area contributed by atoms with E-state index in [0.717, 1.165) is 38.5 Å². The number of nitrogens with two attached hydrogens (primary N) is 1. The summed E-state index contributed by atoms with van der Waals surface area (Å²) in [6.07, 6.45) is 7.90. The summed E-state index contributed by atoms with van der Waals surface area (Å²) in [7, 11) is 0. The first kappa shape index (κ1) is 12.6. The van der Waals surface area contributed by atoms with Crippen LogP contribution in [0.3, 0.4) is 0 Å². The molecule has 0 aromatic heterocycles. The van der Waals surface area contributed by atoms with E-state index in [1.54, 1.807) is 0 Å². The molecule has 2 amide bonds. The predicted octanol–water partition coefficient (Wildman–Crippen LogP) is 1.43. The number of hydrogen-bond acceptors (Lipinski definition) is 3. The highest BCUT2D eigenvalue weighted by atomic mass is 16.2. The van der Waals surface area contributed by atoms with Gasteiger partial charge in [-0.1, -0.05) is 19.3 Å². The van der Waals surface area contributed by atoms with E-state index < -0.39 is 6.04 Å². The van der Waals surface area contributed by atoms with Gasteiger partial charge in [-0.2, -0.15) is 0 Å². The smallest absolute Gasteiger partial charge is 0.246 e. The first-order chi connectivity index (χ1) is 8.20. The van der Waals surface area contributed by atoms with Gasteiger partial charge in [0.2, 0.25) is 11.8 Å². The molecule has 0 spiro atoms. The van der Waals surface area contributed by atoms with Crippen LogP contribution in [0.2, 0.25) is 0 Å². The Kier molecular flexibility index (Phi) is 4.15. The van der Waals surface area contributed by atoms with E-state index in [1.165, 1.54) is 11.3 Å². The minimum atomic E-state index is -0.468. The summed E-state index contributed by atoms with van der Waals surface area (Å²) in [5, 5.41) is 0. The number of nitrogens with zero attached hydrogens (tertiary/aromatic N) is 1. The van der Waals surface area contributed by atoms with Crippen molar-refractivity contribution in [1.29, 1.82) is 0 Å². The fraction of sp³-hybridized carbons (Fsp3) is 0.846. The van der Waals surface area contributed by atoms with Crippen LogP contribution < -0.4 is 5.73 Å². The summed E-state index contributed by atoms with van der Waals surface area (Å²) in [5.41, 5.74) is 5.79. The topological polar surface area (TPSA) is 63.4 Å². The van der Waals surface area contributed by atoms with Crippen molar-refractivity contribution in [1.82, 2.24) is 4.90 Å². The molecule has 0 bridgehead atoms. The van der Waals surface area contributed by atoms with Crippen molar-refractivity contribution in [2.24, 2.45) is 11.7 Å². The van der Waals surface area contributed by atoms with Gasteiger partial charge in [-0.3, -0.25) is 14.5 Å². The predicted molar refractivity (Wildman–Crippen MR) is 65.1 cm³/mol. The maximum atomic E-state index is 12.3. The first-order valence-corrected chi connectivity index (χ1v) is 6.81. The molecular formula is C13H22N2O2. The molecule has 1 heterocycles. The van der Waals surface area contributed by atoms with Gasteiger partial charge in [0.25, 0.3) is 0 Å². The van der Waals surface area contributed by atoms with Gasteiger partial charge in [0.05, 0.1) is 6.04 Å². The van der Waals surface area contributed by atoms with E-state index in [4.69, 9.17) is 5.73 Å². The van der Waals surface area contributed by atoms with Crippen LogP contribution in [0, 0.1) is 5.92 Å². The lowest BCUT2D eigenvalue weighted by atomic mass is 9.88. The maximum Gasteiger partial charge on any atom is 0.246 e. The van der Waals surface area contributed by atoms with Crippen LogP contribution >= 0.6 is 0 Å². The molecule has 1 aliphatic heterocycles. The molecule has 0 unspecified atom stereocenters. The van der Waals surface area contributed by atoms with Gasteiger partial charge in [0, 0.05) is 12.5 Å². The molecule has 2 rings (SSSR count). The molecule has 0 aromatic rings. The standard InChI is InChI=1S/C13H22N2O2/c14-11-8-4-5-9-15(13(11)17)12(16)10-6-2-1-3-7-10/h10-11H,1-9,14H2/t11-/m0/s1.